The number of carbonyl (C=O) groups excluding carboxylic acids is 3. The van der Waals surface area contributed by atoms with Gasteiger partial charge in [0.25, 0.3) is 5.91 Å². The molecule has 3 atom stereocenters. The molecule has 10 nitrogen and oxygen atoms in total. The number of hydrogen-bond acceptors (Lipinski definition) is 6. The molecule has 0 bridgehead atoms. The smallest absolute Gasteiger partial charge is 0.253 e. The molecule has 2 aliphatic rings. The Morgan fingerprint density at radius 2 is 1.57 bits per heavy atom. The molecule has 3 heterocycles. The molecule has 5 rings (SSSR count). The molecule has 1 N–H and O–H groups in total. The third-order valence-electron chi connectivity index (χ3n) is 8.32. The van der Waals surface area contributed by atoms with Gasteiger partial charge in [0, 0.05) is 66.1 Å². The van der Waals surface area contributed by atoms with Crippen molar-refractivity contribution < 1.29 is 14.4 Å². The summed E-state index contributed by atoms with van der Waals surface area (Å²) in [4.78, 5) is 45.6. The van der Waals surface area contributed by atoms with Crippen LogP contribution in [0.2, 0.25) is 10.0 Å². The van der Waals surface area contributed by atoms with Gasteiger partial charge in [0.1, 0.15) is 6.54 Å². The number of amides is 3. The maximum absolute atomic E-state index is 13.7. The number of nitrogens with zero attached hydrogens (tertiary/aromatic N) is 6. The molecule has 0 saturated carbocycles. The van der Waals surface area contributed by atoms with Crippen LogP contribution in [0.3, 0.4) is 0 Å². The number of aromatic nitrogens is 3. The Bertz CT molecular complexity index is 1490. The average Bonchev–Trinajstić information content (AvgIpc) is 3.39. The van der Waals surface area contributed by atoms with Crippen molar-refractivity contribution in [1.29, 1.82) is 0 Å². The van der Waals surface area contributed by atoms with Crippen molar-refractivity contribution >= 4 is 46.6 Å². The highest BCUT2D eigenvalue weighted by Gasteiger charge is 2.37. The fraction of sp³-hybridized carbons (Fsp3) is 0.469. The first kappa shape index (κ1) is 31.9. The minimum atomic E-state index is -0.273. The number of benzene rings is 2. The van der Waals surface area contributed by atoms with E-state index in [1.807, 2.05) is 35.8 Å². The molecule has 3 amide bonds. The third-order valence-corrected chi connectivity index (χ3v) is 8.76. The van der Waals surface area contributed by atoms with E-state index < -0.39 is 0 Å². The Morgan fingerprint density at radius 1 is 0.909 bits per heavy atom. The first-order valence-electron chi connectivity index (χ1n) is 15.0. The second kappa shape index (κ2) is 13.7. The number of piperazine rings is 1. The number of likely N-dealkylation sites (tertiary alicyclic amines) is 1. The van der Waals surface area contributed by atoms with E-state index in [0.29, 0.717) is 54.0 Å². The molecule has 2 saturated heterocycles. The summed E-state index contributed by atoms with van der Waals surface area (Å²) in [6, 6.07) is 11.0. The molecule has 0 radical (unpaired) electrons. The van der Waals surface area contributed by atoms with Gasteiger partial charge in [-0.3, -0.25) is 19.3 Å². The lowest BCUT2D eigenvalue weighted by Crippen LogP contribution is -2.59. The summed E-state index contributed by atoms with van der Waals surface area (Å²) in [6.45, 7) is 11.1. The van der Waals surface area contributed by atoms with Crippen molar-refractivity contribution in [1.82, 2.24) is 29.7 Å². The monoisotopic (exact) mass is 639 g/mol. The second-order valence-electron chi connectivity index (χ2n) is 12.2. The lowest BCUT2D eigenvalue weighted by atomic mass is 9.94. The van der Waals surface area contributed by atoms with Crippen LogP contribution in [0.1, 0.15) is 53.9 Å². The Labute approximate surface area is 268 Å². The number of nitrogens with one attached hydrogen (secondary N) is 1. The van der Waals surface area contributed by atoms with Gasteiger partial charge in [0.2, 0.25) is 11.8 Å². The lowest BCUT2D eigenvalue weighted by molar-refractivity contribution is -0.141. The number of halogens is 2. The van der Waals surface area contributed by atoms with Gasteiger partial charge >= 0.3 is 0 Å². The highest BCUT2D eigenvalue weighted by Crippen LogP contribution is 2.26. The molecular formula is C32H39Cl2N7O3. The van der Waals surface area contributed by atoms with Gasteiger partial charge in [0.05, 0.1) is 17.8 Å². The first-order chi connectivity index (χ1) is 20.9. The number of anilines is 1. The van der Waals surface area contributed by atoms with Gasteiger partial charge in [-0.1, -0.05) is 45.6 Å². The fourth-order valence-corrected chi connectivity index (χ4v) is 6.93. The van der Waals surface area contributed by atoms with Crippen molar-refractivity contribution in [3.8, 4) is 0 Å². The SMILES string of the molecule is Cc1cc(C)cc(C(=O)N2CCCC(C(=O)N3C[C@@H](C)N(Cc4cn(CC(=O)Nc5cc(Cl)cc(Cl)c5)nn4)[C@@H](C)C3)C2)c1. The predicted octanol–water partition coefficient (Wildman–Crippen LogP) is 4.81. The molecule has 2 fully saturated rings. The number of carbonyl (C=O) groups is 3. The van der Waals surface area contributed by atoms with Crippen LogP contribution in [-0.2, 0) is 22.7 Å². The molecule has 0 aliphatic carbocycles. The number of rotatable bonds is 7. The third kappa shape index (κ3) is 7.78. The van der Waals surface area contributed by atoms with Crippen LogP contribution in [0.4, 0.5) is 5.69 Å². The van der Waals surface area contributed by atoms with Gasteiger partial charge in [-0.05, 0) is 70.9 Å². The zero-order valence-electron chi connectivity index (χ0n) is 25.6. The van der Waals surface area contributed by atoms with Crippen LogP contribution in [0.15, 0.2) is 42.6 Å². The molecular weight excluding hydrogens is 601 g/mol. The van der Waals surface area contributed by atoms with Crippen LogP contribution in [0.25, 0.3) is 0 Å². The van der Waals surface area contributed by atoms with Gasteiger partial charge in [-0.25, -0.2) is 4.68 Å². The molecule has 12 heteroatoms. The van der Waals surface area contributed by atoms with E-state index in [0.717, 1.165) is 29.7 Å². The lowest BCUT2D eigenvalue weighted by Gasteiger charge is -2.45. The standard InChI is InChI=1S/C32H39Cl2N7O3/c1-20-8-21(2)10-25(9-20)32(44)38-7-5-6-24(16-38)31(43)39-14-22(3)41(23(4)15-39)18-29-17-40(37-36-29)19-30(42)35-28-12-26(33)11-27(34)13-28/h8-13,17,22-24H,5-7,14-16,18-19H2,1-4H3,(H,35,42)/t22-,23+,24?. The molecule has 1 aromatic heterocycles. The Hall–Kier alpha value is -3.47. The van der Waals surface area contributed by atoms with E-state index >= 15 is 0 Å². The van der Waals surface area contributed by atoms with Crippen molar-refractivity contribution in [2.75, 3.05) is 31.5 Å². The molecule has 1 unspecified atom stereocenters. The largest absolute Gasteiger partial charge is 0.339 e. The van der Waals surface area contributed by atoms with Gasteiger partial charge in [-0.2, -0.15) is 0 Å². The van der Waals surface area contributed by atoms with E-state index in [1.165, 1.54) is 4.68 Å². The minimum absolute atomic E-state index is 0.000225. The Morgan fingerprint density at radius 3 is 2.23 bits per heavy atom. The quantitative estimate of drug-likeness (QED) is 0.398. The zero-order chi connectivity index (χ0) is 31.5. The Balaban J connectivity index is 1.14. The second-order valence-corrected chi connectivity index (χ2v) is 13.1. The minimum Gasteiger partial charge on any atom is -0.339 e. The van der Waals surface area contributed by atoms with Crippen LogP contribution in [0.5, 0.6) is 0 Å². The molecule has 44 heavy (non-hydrogen) atoms. The number of piperidine rings is 1. The maximum atomic E-state index is 13.7. The maximum Gasteiger partial charge on any atom is 0.253 e. The van der Waals surface area contributed by atoms with Gasteiger partial charge < -0.3 is 15.1 Å². The highest BCUT2D eigenvalue weighted by atomic mass is 35.5. The summed E-state index contributed by atoms with van der Waals surface area (Å²) >= 11 is 12.0. The number of hydrogen-bond donors (Lipinski definition) is 1. The highest BCUT2D eigenvalue weighted by molar-refractivity contribution is 6.35. The van der Waals surface area contributed by atoms with Gasteiger partial charge in [-0.15, -0.1) is 5.10 Å². The summed E-state index contributed by atoms with van der Waals surface area (Å²) in [5.41, 5.74) is 4.07. The predicted molar refractivity (Wildman–Crippen MR) is 171 cm³/mol. The average molecular weight is 641 g/mol. The van der Waals surface area contributed by atoms with Crippen LogP contribution in [0, 0.1) is 19.8 Å². The summed E-state index contributed by atoms with van der Waals surface area (Å²) in [6.07, 6.45) is 3.38. The van der Waals surface area contributed by atoms with E-state index in [4.69, 9.17) is 23.2 Å². The van der Waals surface area contributed by atoms with Crippen LogP contribution in [-0.4, -0.2) is 85.7 Å². The summed E-state index contributed by atoms with van der Waals surface area (Å²) in [5.74, 6) is -0.344. The van der Waals surface area contributed by atoms with Crippen LogP contribution >= 0.6 is 23.2 Å². The summed E-state index contributed by atoms with van der Waals surface area (Å²) in [7, 11) is 0. The Kier molecular flexibility index (Phi) is 9.92. The van der Waals surface area contributed by atoms with Crippen molar-refractivity contribution in [3.63, 3.8) is 0 Å². The normalized spacial score (nSPS) is 20.9. The first-order valence-corrected chi connectivity index (χ1v) is 15.8. The fourth-order valence-electron chi connectivity index (χ4n) is 6.40. The summed E-state index contributed by atoms with van der Waals surface area (Å²) < 4.78 is 1.50. The van der Waals surface area contributed by atoms with E-state index in [9.17, 15) is 14.4 Å². The van der Waals surface area contributed by atoms with Crippen LogP contribution < -0.4 is 5.32 Å². The van der Waals surface area contributed by atoms with Crippen molar-refractivity contribution in [3.05, 3.63) is 75.0 Å². The molecule has 3 aromatic rings. The molecule has 0 spiro atoms. The molecule has 2 aromatic carbocycles. The zero-order valence-corrected chi connectivity index (χ0v) is 27.1. The number of aryl methyl sites for hydroxylation is 2. The van der Waals surface area contributed by atoms with E-state index in [-0.39, 0.29) is 42.3 Å². The van der Waals surface area contributed by atoms with E-state index in [2.05, 4.69) is 40.4 Å². The molecule has 2 aliphatic heterocycles. The van der Waals surface area contributed by atoms with Gasteiger partial charge in [0.15, 0.2) is 0 Å². The molecule has 234 valence electrons. The van der Waals surface area contributed by atoms with Crippen molar-refractivity contribution in [2.24, 2.45) is 5.92 Å². The summed E-state index contributed by atoms with van der Waals surface area (Å²) in [5, 5.41) is 12.1. The topological polar surface area (TPSA) is 104 Å². The van der Waals surface area contributed by atoms with E-state index in [1.54, 1.807) is 24.4 Å². The van der Waals surface area contributed by atoms with Crippen molar-refractivity contribution in [2.45, 2.75) is 65.7 Å².